The van der Waals surface area contributed by atoms with E-state index < -0.39 is 18.1 Å². The first-order chi connectivity index (χ1) is 11.1. The molecule has 0 heterocycles. The van der Waals surface area contributed by atoms with Crippen LogP contribution >= 0.6 is 0 Å². The van der Waals surface area contributed by atoms with Crippen LogP contribution in [0.5, 0.6) is 5.75 Å². The molecule has 0 aliphatic carbocycles. The minimum atomic E-state index is -1.15. The van der Waals surface area contributed by atoms with Crippen LogP contribution in [0, 0.1) is 0 Å². The van der Waals surface area contributed by atoms with Gasteiger partial charge in [-0.2, -0.15) is 0 Å². The molecule has 120 valence electrons. The Balaban J connectivity index is 2.05. The van der Waals surface area contributed by atoms with Gasteiger partial charge in [0, 0.05) is 5.56 Å². The number of para-hydroxylation sites is 1. The first kappa shape index (κ1) is 16.4. The summed E-state index contributed by atoms with van der Waals surface area (Å²) in [6, 6.07) is 14.2. The van der Waals surface area contributed by atoms with E-state index >= 15 is 0 Å². The van der Waals surface area contributed by atoms with Crippen LogP contribution in [-0.4, -0.2) is 24.3 Å². The molecule has 2 aromatic carbocycles. The van der Waals surface area contributed by atoms with Crippen molar-refractivity contribution in [2.45, 2.75) is 12.6 Å². The van der Waals surface area contributed by atoms with Gasteiger partial charge < -0.3 is 19.9 Å². The van der Waals surface area contributed by atoms with Crippen molar-refractivity contribution in [3.05, 3.63) is 65.7 Å². The van der Waals surface area contributed by atoms with Gasteiger partial charge in [-0.3, -0.25) is 0 Å². The van der Waals surface area contributed by atoms with Gasteiger partial charge in [0.1, 0.15) is 12.4 Å². The van der Waals surface area contributed by atoms with Crippen molar-refractivity contribution >= 4 is 12.1 Å². The summed E-state index contributed by atoms with van der Waals surface area (Å²) in [6.07, 6.45) is -0.785. The number of nitrogens with one attached hydrogen (secondary N) is 1. The SMILES string of the molecule is COC(=O)C(NC(=O)OCc1ccccc1)c1ccccc1O. The summed E-state index contributed by atoms with van der Waals surface area (Å²) in [5.41, 5.74) is 1.05. The maximum atomic E-state index is 11.9. The summed E-state index contributed by atoms with van der Waals surface area (Å²) in [5, 5.41) is 12.2. The molecule has 0 saturated heterocycles. The third kappa shape index (κ3) is 4.47. The number of hydrogen-bond donors (Lipinski definition) is 2. The standard InChI is InChI=1S/C17H17NO5/c1-22-16(20)15(13-9-5-6-10-14(13)19)18-17(21)23-11-12-7-3-2-4-8-12/h2-10,15,19H,11H2,1H3,(H,18,21). The second-order valence-electron chi connectivity index (χ2n) is 4.72. The van der Waals surface area contributed by atoms with E-state index in [0.717, 1.165) is 5.56 Å². The zero-order chi connectivity index (χ0) is 16.7. The van der Waals surface area contributed by atoms with Crippen LogP contribution in [0.2, 0.25) is 0 Å². The lowest BCUT2D eigenvalue weighted by atomic mass is 10.1. The Labute approximate surface area is 133 Å². The Bertz CT molecular complexity index is 672. The highest BCUT2D eigenvalue weighted by Gasteiger charge is 2.26. The number of ether oxygens (including phenoxy) is 2. The monoisotopic (exact) mass is 315 g/mol. The number of alkyl carbamates (subject to hydrolysis) is 1. The van der Waals surface area contributed by atoms with Crippen LogP contribution in [0.3, 0.4) is 0 Å². The molecule has 6 heteroatoms. The van der Waals surface area contributed by atoms with Gasteiger partial charge in [0.15, 0.2) is 6.04 Å². The molecular formula is C17H17NO5. The molecule has 2 N–H and O–H groups in total. The number of amides is 1. The van der Waals surface area contributed by atoms with Gasteiger partial charge in [0.05, 0.1) is 7.11 Å². The molecule has 0 spiro atoms. The Morgan fingerprint density at radius 2 is 1.74 bits per heavy atom. The Kier molecular flexibility index (Phi) is 5.57. The largest absolute Gasteiger partial charge is 0.508 e. The predicted octanol–water partition coefficient (Wildman–Crippen LogP) is 2.53. The number of phenols is 1. The van der Waals surface area contributed by atoms with Crippen LogP contribution < -0.4 is 5.32 Å². The molecule has 1 unspecified atom stereocenters. The fourth-order valence-corrected chi connectivity index (χ4v) is 2.00. The number of rotatable bonds is 5. The molecule has 23 heavy (non-hydrogen) atoms. The van der Waals surface area contributed by atoms with Crippen LogP contribution in [0.1, 0.15) is 17.2 Å². The number of methoxy groups -OCH3 is 1. The molecule has 2 rings (SSSR count). The van der Waals surface area contributed by atoms with E-state index in [9.17, 15) is 14.7 Å². The molecule has 0 fully saturated rings. The summed E-state index contributed by atoms with van der Waals surface area (Å²) in [7, 11) is 1.20. The molecular weight excluding hydrogens is 298 g/mol. The number of esters is 1. The highest BCUT2D eigenvalue weighted by atomic mass is 16.6. The molecule has 0 bridgehead atoms. The molecule has 1 atom stereocenters. The van der Waals surface area contributed by atoms with Crippen molar-refractivity contribution in [1.82, 2.24) is 5.32 Å². The van der Waals surface area contributed by atoms with E-state index in [1.165, 1.54) is 19.2 Å². The molecule has 6 nitrogen and oxygen atoms in total. The van der Waals surface area contributed by atoms with Crippen molar-refractivity contribution < 1.29 is 24.2 Å². The van der Waals surface area contributed by atoms with E-state index in [2.05, 4.69) is 10.1 Å². The second-order valence-corrected chi connectivity index (χ2v) is 4.72. The maximum absolute atomic E-state index is 11.9. The molecule has 0 aliphatic rings. The average molecular weight is 315 g/mol. The fourth-order valence-electron chi connectivity index (χ4n) is 2.00. The lowest BCUT2D eigenvalue weighted by Gasteiger charge is -2.17. The third-order valence-electron chi connectivity index (χ3n) is 3.16. The van der Waals surface area contributed by atoms with Gasteiger partial charge in [-0.1, -0.05) is 48.5 Å². The van der Waals surface area contributed by atoms with Crippen molar-refractivity contribution in [2.75, 3.05) is 7.11 Å². The summed E-state index contributed by atoms with van der Waals surface area (Å²) in [5.74, 6) is -0.825. The van der Waals surface area contributed by atoms with Crippen molar-refractivity contribution in [3.8, 4) is 5.75 Å². The number of phenolic OH excluding ortho intramolecular Hbond substituents is 1. The van der Waals surface area contributed by atoms with Crippen molar-refractivity contribution in [3.63, 3.8) is 0 Å². The van der Waals surface area contributed by atoms with Crippen LogP contribution in [0.15, 0.2) is 54.6 Å². The highest BCUT2D eigenvalue weighted by Crippen LogP contribution is 2.24. The highest BCUT2D eigenvalue weighted by molar-refractivity contribution is 5.83. The van der Waals surface area contributed by atoms with E-state index in [-0.39, 0.29) is 17.9 Å². The Morgan fingerprint density at radius 3 is 2.39 bits per heavy atom. The number of hydrogen-bond acceptors (Lipinski definition) is 5. The zero-order valence-electron chi connectivity index (χ0n) is 12.6. The molecule has 0 radical (unpaired) electrons. The topological polar surface area (TPSA) is 84.9 Å². The normalized spacial score (nSPS) is 11.3. The minimum Gasteiger partial charge on any atom is -0.508 e. The molecule has 2 aromatic rings. The van der Waals surface area contributed by atoms with Gasteiger partial charge in [-0.25, -0.2) is 9.59 Å². The lowest BCUT2D eigenvalue weighted by Crippen LogP contribution is -2.34. The molecule has 0 saturated carbocycles. The lowest BCUT2D eigenvalue weighted by molar-refractivity contribution is -0.143. The first-order valence-electron chi connectivity index (χ1n) is 6.94. The predicted molar refractivity (Wildman–Crippen MR) is 82.6 cm³/mol. The first-order valence-corrected chi connectivity index (χ1v) is 6.94. The third-order valence-corrected chi connectivity index (χ3v) is 3.16. The van der Waals surface area contributed by atoms with Gasteiger partial charge in [-0.15, -0.1) is 0 Å². The summed E-state index contributed by atoms with van der Waals surface area (Å²) in [4.78, 5) is 23.8. The number of aromatic hydroxyl groups is 1. The number of benzene rings is 2. The minimum absolute atomic E-state index is 0.0708. The van der Waals surface area contributed by atoms with Crippen LogP contribution in [0.4, 0.5) is 4.79 Å². The summed E-state index contributed by atoms with van der Waals surface area (Å²) < 4.78 is 9.74. The van der Waals surface area contributed by atoms with Gasteiger partial charge in [-0.05, 0) is 11.6 Å². The zero-order valence-corrected chi connectivity index (χ0v) is 12.6. The fraction of sp³-hybridized carbons (Fsp3) is 0.176. The maximum Gasteiger partial charge on any atom is 0.408 e. The van der Waals surface area contributed by atoms with Gasteiger partial charge in [0.25, 0.3) is 0 Å². The van der Waals surface area contributed by atoms with Gasteiger partial charge in [0.2, 0.25) is 0 Å². The summed E-state index contributed by atoms with van der Waals surface area (Å²) >= 11 is 0. The molecule has 1 amide bonds. The van der Waals surface area contributed by atoms with E-state index in [1.807, 2.05) is 30.3 Å². The van der Waals surface area contributed by atoms with Crippen LogP contribution in [-0.2, 0) is 20.9 Å². The Hall–Kier alpha value is -3.02. The second kappa shape index (κ2) is 7.84. The number of carbonyl (C=O) groups is 2. The average Bonchev–Trinajstić information content (AvgIpc) is 2.59. The Morgan fingerprint density at radius 1 is 1.09 bits per heavy atom. The number of carbonyl (C=O) groups excluding carboxylic acids is 2. The quantitative estimate of drug-likeness (QED) is 0.828. The van der Waals surface area contributed by atoms with Crippen LogP contribution in [0.25, 0.3) is 0 Å². The van der Waals surface area contributed by atoms with Crippen molar-refractivity contribution in [2.24, 2.45) is 0 Å². The van der Waals surface area contributed by atoms with E-state index in [1.54, 1.807) is 12.1 Å². The van der Waals surface area contributed by atoms with Gasteiger partial charge >= 0.3 is 12.1 Å². The van der Waals surface area contributed by atoms with E-state index in [4.69, 9.17) is 4.74 Å². The van der Waals surface area contributed by atoms with E-state index in [0.29, 0.717) is 0 Å². The molecule has 0 aromatic heterocycles. The molecule has 0 aliphatic heterocycles. The van der Waals surface area contributed by atoms with Crippen molar-refractivity contribution in [1.29, 1.82) is 0 Å². The smallest absolute Gasteiger partial charge is 0.408 e. The summed E-state index contributed by atoms with van der Waals surface area (Å²) in [6.45, 7) is 0.0708.